The van der Waals surface area contributed by atoms with E-state index < -0.39 is 21.7 Å². The Morgan fingerprint density at radius 2 is 1.72 bits per heavy atom. The number of amides is 2. The van der Waals surface area contributed by atoms with E-state index in [0.717, 1.165) is 11.8 Å². The Labute approximate surface area is 172 Å². The summed E-state index contributed by atoms with van der Waals surface area (Å²) in [6.07, 6.45) is 5.19. The van der Waals surface area contributed by atoms with Gasteiger partial charge in [0.1, 0.15) is 5.60 Å². The molecule has 8 nitrogen and oxygen atoms in total. The number of sulfonamides is 1. The van der Waals surface area contributed by atoms with Crippen LogP contribution in [0.5, 0.6) is 0 Å². The highest BCUT2D eigenvalue weighted by molar-refractivity contribution is 7.92. The minimum atomic E-state index is -3.31. The molecule has 1 fully saturated rings. The number of hydrogen-bond donors (Lipinski definition) is 2. The van der Waals surface area contributed by atoms with Crippen LogP contribution in [0.2, 0.25) is 0 Å². The molecular formula is C20H29N3O5S. The molecule has 2 rings (SSSR count). The highest BCUT2D eigenvalue weighted by Crippen LogP contribution is 2.15. The number of piperidine rings is 1. The van der Waals surface area contributed by atoms with E-state index in [1.807, 2.05) is 20.8 Å². The molecule has 1 aromatic carbocycles. The molecule has 29 heavy (non-hydrogen) atoms. The van der Waals surface area contributed by atoms with E-state index in [1.165, 1.54) is 6.08 Å². The van der Waals surface area contributed by atoms with Gasteiger partial charge in [0.25, 0.3) is 0 Å². The number of likely N-dealkylation sites (tertiary alicyclic amines) is 1. The van der Waals surface area contributed by atoms with Gasteiger partial charge in [-0.2, -0.15) is 0 Å². The fourth-order valence-electron chi connectivity index (χ4n) is 2.87. The van der Waals surface area contributed by atoms with Crippen LogP contribution in [0.3, 0.4) is 0 Å². The number of benzene rings is 1. The zero-order valence-electron chi connectivity index (χ0n) is 17.3. The van der Waals surface area contributed by atoms with Gasteiger partial charge in [-0.3, -0.25) is 9.52 Å². The molecule has 2 amide bonds. The minimum absolute atomic E-state index is 0.00670. The first-order valence-electron chi connectivity index (χ1n) is 9.46. The Bertz CT molecular complexity index is 849. The van der Waals surface area contributed by atoms with E-state index in [1.54, 1.807) is 35.2 Å². The lowest BCUT2D eigenvalue weighted by Crippen LogP contribution is -2.47. The summed E-state index contributed by atoms with van der Waals surface area (Å²) in [6, 6.07) is 6.73. The predicted octanol–water partition coefficient (Wildman–Crippen LogP) is 2.59. The third kappa shape index (κ3) is 8.55. The van der Waals surface area contributed by atoms with Gasteiger partial charge in [0.05, 0.1) is 6.26 Å². The summed E-state index contributed by atoms with van der Waals surface area (Å²) in [5, 5.41) is 2.85. The van der Waals surface area contributed by atoms with Crippen LogP contribution in [-0.4, -0.2) is 56.3 Å². The summed E-state index contributed by atoms with van der Waals surface area (Å²) in [5.74, 6) is -0.0981. The van der Waals surface area contributed by atoms with Crippen LogP contribution in [0.4, 0.5) is 10.5 Å². The largest absolute Gasteiger partial charge is 0.444 e. The molecule has 0 aromatic heterocycles. The van der Waals surface area contributed by atoms with Gasteiger partial charge in [-0.1, -0.05) is 12.1 Å². The number of carbonyl (C=O) groups is 2. The molecule has 1 aliphatic rings. The molecule has 160 valence electrons. The predicted molar refractivity (Wildman–Crippen MR) is 113 cm³/mol. The average molecular weight is 424 g/mol. The Morgan fingerprint density at radius 1 is 1.14 bits per heavy atom. The first kappa shape index (κ1) is 22.7. The number of nitrogens with zero attached hydrogens (tertiary/aromatic N) is 1. The Morgan fingerprint density at radius 3 is 2.24 bits per heavy atom. The SMILES string of the molecule is CC(C)(C)OC(=O)NC1CCN(C(=O)/C=C/c2ccc(NS(C)(=O)=O)cc2)CC1. The molecule has 0 unspecified atom stereocenters. The second-order valence-electron chi connectivity index (χ2n) is 8.08. The van der Waals surface area contributed by atoms with Gasteiger partial charge >= 0.3 is 6.09 Å². The van der Waals surface area contributed by atoms with Crippen molar-refractivity contribution in [3.63, 3.8) is 0 Å². The van der Waals surface area contributed by atoms with Crippen LogP contribution in [0.1, 0.15) is 39.2 Å². The fourth-order valence-corrected chi connectivity index (χ4v) is 3.43. The molecule has 0 aliphatic carbocycles. The summed E-state index contributed by atoms with van der Waals surface area (Å²) in [6.45, 7) is 6.56. The summed E-state index contributed by atoms with van der Waals surface area (Å²) < 4.78 is 30.1. The van der Waals surface area contributed by atoms with Crippen molar-refractivity contribution in [2.24, 2.45) is 0 Å². The number of anilines is 1. The molecule has 0 bridgehead atoms. The maximum atomic E-state index is 12.4. The second kappa shape index (κ2) is 9.30. The standard InChI is InChI=1S/C20H29N3O5S/c1-20(2,3)28-19(25)21-16-11-13-23(14-12-16)18(24)10-7-15-5-8-17(9-6-15)22-29(4,26)27/h5-10,16,22H,11-14H2,1-4H3,(H,21,25)/b10-7+. The van der Waals surface area contributed by atoms with Gasteiger partial charge in [-0.15, -0.1) is 0 Å². The van der Waals surface area contributed by atoms with Crippen LogP contribution in [-0.2, 0) is 19.6 Å². The molecule has 1 saturated heterocycles. The van der Waals surface area contributed by atoms with Crippen LogP contribution in [0.25, 0.3) is 6.08 Å². The summed E-state index contributed by atoms with van der Waals surface area (Å²) in [4.78, 5) is 26.0. The zero-order chi connectivity index (χ0) is 21.7. The van der Waals surface area contributed by atoms with Crippen LogP contribution < -0.4 is 10.0 Å². The Balaban J connectivity index is 1.81. The highest BCUT2D eigenvalue weighted by Gasteiger charge is 2.24. The maximum Gasteiger partial charge on any atom is 0.407 e. The second-order valence-corrected chi connectivity index (χ2v) is 9.82. The number of rotatable bonds is 5. The van der Waals surface area contributed by atoms with E-state index >= 15 is 0 Å². The Hall–Kier alpha value is -2.55. The minimum Gasteiger partial charge on any atom is -0.444 e. The number of carbonyl (C=O) groups excluding carboxylic acids is 2. The van der Waals surface area contributed by atoms with Gasteiger partial charge < -0.3 is 15.0 Å². The van der Waals surface area contributed by atoms with E-state index in [-0.39, 0.29) is 11.9 Å². The zero-order valence-corrected chi connectivity index (χ0v) is 18.1. The Kier molecular flexibility index (Phi) is 7.29. The average Bonchev–Trinajstić information content (AvgIpc) is 2.58. The number of alkyl carbamates (subject to hydrolysis) is 1. The molecule has 0 radical (unpaired) electrons. The van der Waals surface area contributed by atoms with Gasteiger partial charge in [-0.25, -0.2) is 13.2 Å². The quantitative estimate of drug-likeness (QED) is 0.709. The summed E-state index contributed by atoms with van der Waals surface area (Å²) in [7, 11) is -3.31. The smallest absolute Gasteiger partial charge is 0.407 e. The molecule has 1 aromatic rings. The van der Waals surface area contributed by atoms with E-state index in [9.17, 15) is 18.0 Å². The van der Waals surface area contributed by atoms with Gasteiger partial charge in [0, 0.05) is 30.9 Å². The van der Waals surface area contributed by atoms with E-state index in [0.29, 0.717) is 31.6 Å². The van der Waals surface area contributed by atoms with E-state index in [2.05, 4.69) is 10.0 Å². The van der Waals surface area contributed by atoms with Crippen molar-refractivity contribution in [2.45, 2.75) is 45.3 Å². The third-order valence-electron chi connectivity index (χ3n) is 4.16. The number of ether oxygens (including phenoxy) is 1. The third-order valence-corrected chi connectivity index (χ3v) is 4.77. The first-order valence-corrected chi connectivity index (χ1v) is 11.3. The lowest BCUT2D eigenvalue weighted by Gasteiger charge is -2.32. The van der Waals surface area contributed by atoms with Crippen molar-refractivity contribution in [2.75, 3.05) is 24.1 Å². The topological polar surface area (TPSA) is 105 Å². The summed E-state index contributed by atoms with van der Waals surface area (Å²) >= 11 is 0. The van der Waals surface area contributed by atoms with Gasteiger partial charge in [-0.05, 0) is 57.4 Å². The molecule has 1 heterocycles. The molecule has 2 N–H and O–H groups in total. The molecule has 0 spiro atoms. The summed E-state index contributed by atoms with van der Waals surface area (Å²) in [5.41, 5.74) is 0.722. The molecule has 9 heteroatoms. The lowest BCUT2D eigenvalue weighted by atomic mass is 10.1. The monoisotopic (exact) mass is 423 g/mol. The van der Waals surface area contributed by atoms with Crippen molar-refractivity contribution < 1.29 is 22.7 Å². The van der Waals surface area contributed by atoms with Crippen molar-refractivity contribution >= 4 is 33.8 Å². The normalized spacial score (nSPS) is 15.9. The van der Waals surface area contributed by atoms with E-state index in [4.69, 9.17) is 4.74 Å². The van der Waals surface area contributed by atoms with Crippen molar-refractivity contribution in [1.82, 2.24) is 10.2 Å². The van der Waals surface area contributed by atoms with Crippen molar-refractivity contribution in [3.8, 4) is 0 Å². The molecular weight excluding hydrogens is 394 g/mol. The lowest BCUT2D eigenvalue weighted by molar-refractivity contribution is -0.127. The molecule has 1 aliphatic heterocycles. The maximum absolute atomic E-state index is 12.4. The van der Waals surface area contributed by atoms with Crippen LogP contribution in [0.15, 0.2) is 30.3 Å². The van der Waals surface area contributed by atoms with Gasteiger partial charge in [0.15, 0.2) is 0 Å². The molecule has 0 saturated carbocycles. The van der Waals surface area contributed by atoms with Crippen LogP contribution in [0, 0.1) is 0 Å². The fraction of sp³-hybridized carbons (Fsp3) is 0.500. The first-order chi connectivity index (χ1) is 13.4. The molecule has 0 atom stereocenters. The van der Waals surface area contributed by atoms with Crippen LogP contribution >= 0.6 is 0 Å². The number of hydrogen-bond acceptors (Lipinski definition) is 5. The van der Waals surface area contributed by atoms with Crippen molar-refractivity contribution in [3.05, 3.63) is 35.9 Å². The van der Waals surface area contributed by atoms with Gasteiger partial charge in [0.2, 0.25) is 15.9 Å². The number of nitrogens with one attached hydrogen (secondary N) is 2. The van der Waals surface area contributed by atoms with Crippen molar-refractivity contribution in [1.29, 1.82) is 0 Å². The highest BCUT2D eigenvalue weighted by atomic mass is 32.2.